The molecule has 1 saturated heterocycles. The van der Waals surface area contributed by atoms with Crippen molar-refractivity contribution in [1.82, 2.24) is 10.2 Å². The maximum absolute atomic E-state index is 8.27. The van der Waals surface area contributed by atoms with Crippen LogP contribution in [0.1, 0.15) is 32.8 Å². The van der Waals surface area contributed by atoms with Gasteiger partial charge in [0.25, 0.3) is 0 Å². The maximum atomic E-state index is 8.27. The smallest absolute Gasteiger partial charge is 0.128 e. The molecule has 0 amide bonds. The van der Waals surface area contributed by atoms with Gasteiger partial charge in [-0.15, -0.1) is 0 Å². The van der Waals surface area contributed by atoms with Gasteiger partial charge < -0.3 is 15.0 Å². The number of piperazine rings is 1. The lowest BCUT2D eigenvalue weighted by Crippen LogP contribution is -2.46. The summed E-state index contributed by atoms with van der Waals surface area (Å²) in [5, 5.41) is 11.6. The molecule has 2 rings (SSSR count). The third-order valence-corrected chi connectivity index (χ3v) is 3.68. The number of benzene rings is 1. The van der Waals surface area contributed by atoms with Crippen molar-refractivity contribution in [3.63, 3.8) is 0 Å². The first-order valence-electron chi connectivity index (χ1n) is 7.73. The first kappa shape index (κ1) is 15.8. The third-order valence-electron chi connectivity index (χ3n) is 3.68. The van der Waals surface area contributed by atoms with Crippen molar-refractivity contribution in [3.05, 3.63) is 29.8 Å². The fourth-order valence-electron chi connectivity index (χ4n) is 2.26. The molecule has 1 heterocycles. The molecule has 0 unspecified atom stereocenters. The van der Waals surface area contributed by atoms with E-state index in [1.807, 2.05) is 24.3 Å². The zero-order valence-corrected chi connectivity index (χ0v) is 13.4. The normalized spacial score (nSPS) is 15.9. The van der Waals surface area contributed by atoms with Crippen molar-refractivity contribution in [3.8, 4) is 5.75 Å². The molecule has 1 aromatic carbocycles. The van der Waals surface area contributed by atoms with Gasteiger partial charge in [-0.2, -0.15) is 0 Å². The molecule has 0 atom stereocenters. The van der Waals surface area contributed by atoms with E-state index in [1.54, 1.807) is 0 Å². The quantitative estimate of drug-likeness (QED) is 0.662. The lowest BCUT2D eigenvalue weighted by atomic mass is 9.93. The summed E-state index contributed by atoms with van der Waals surface area (Å²) in [7, 11) is 0. The summed E-state index contributed by atoms with van der Waals surface area (Å²) < 4.78 is 5.77. The first-order valence-corrected chi connectivity index (χ1v) is 7.73. The average Bonchev–Trinajstić information content (AvgIpc) is 2.47. The SMILES string of the molecule is CC(C)(C)CCOc1ccc(C(=N)N2CCNCC2)cc1. The molecule has 1 aliphatic heterocycles. The topological polar surface area (TPSA) is 48.4 Å². The number of ether oxygens (including phenoxy) is 1. The largest absolute Gasteiger partial charge is 0.494 e. The molecule has 21 heavy (non-hydrogen) atoms. The Balaban J connectivity index is 1.87. The number of amidine groups is 1. The van der Waals surface area contributed by atoms with Gasteiger partial charge in [0, 0.05) is 31.7 Å². The molecule has 0 saturated carbocycles. The molecule has 1 aliphatic rings. The Morgan fingerprint density at radius 3 is 2.38 bits per heavy atom. The predicted molar refractivity (Wildman–Crippen MR) is 87.3 cm³/mol. The molecule has 0 bridgehead atoms. The van der Waals surface area contributed by atoms with Gasteiger partial charge in [0.05, 0.1) is 6.61 Å². The van der Waals surface area contributed by atoms with Crippen LogP contribution in [-0.2, 0) is 0 Å². The van der Waals surface area contributed by atoms with Crippen molar-refractivity contribution >= 4 is 5.84 Å². The van der Waals surface area contributed by atoms with Gasteiger partial charge in [0.1, 0.15) is 11.6 Å². The van der Waals surface area contributed by atoms with Gasteiger partial charge >= 0.3 is 0 Å². The lowest BCUT2D eigenvalue weighted by Gasteiger charge is -2.29. The highest BCUT2D eigenvalue weighted by Crippen LogP contribution is 2.20. The van der Waals surface area contributed by atoms with E-state index in [0.29, 0.717) is 11.3 Å². The molecule has 4 nitrogen and oxygen atoms in total. The van der Waals surface area contributed by atoms with E-state index in [1.165, 1.54) is 0 Å². The van der Waals surface area contributed by atoms with E-state index >= 15 is 0 Å². The van der Waals surface area contributed by atoms with Crippen LogP contribution >= 0.6 is 0 Å². The molecule has 0 spiro atoms. The van der Waals surface area contributed by atoms with Crippen LogP contribution in [0.3, 0.4) is 0 Å². The Morgan fingerprint density at radius 2 is 1.81 bits per heavy atom. The Kier molecular flexibility index (Phi) is 5.23. The van der Waals surface area contributed by atoms with Gasteiger partial charge in [-0.05, 0) is 36.1 Å². The van der Waals surface area contributed by atoms with Crippen LogP contribution in [0.5, 0.6) is 5.75 Å². The van der Waals surface area contributed by atoms with Gasteiger partial charge in [-0.1, -0.05) is 20.8 Å². The summed E-state index contributed by atoms with van der Waals surface area (Å²) in [5.41, 5.74) is 1.25. The van der Waals surface area contributed by atoms with Gasteiger partial charge in [0.2, 0.25) is 0 Å². The highest BCUT2D eigenvalue weighted by molar-refractivity contribution is 5.96. The minimum atomic E-state index is 0.296. The number of hydrogen-bond acceptors (Lipinski definition) is 3. The van der Waals surface area contributed by atoms with E-state index in [9.17, 15) is 0 Å². The minimum absolute atomic E-state index is 0.296. The molecular weight excluding hydrogens is 262 g/mol. The highest BCUT2D eigenvalue weighted by Gasteiger charge is 2.14. The monoisotopic (exact) mass is 289 g/mol. The van der Waals surface area contributed by atoms with Crippen LogP contribution in [0, 0.1) is 10.8 Å². The molecule has 116 valence electrons. The Labute approximate surface area is 128 Å². The second-order valence-corrected chi connectivity index (χ2v) is 6.77. The van der Waals surface area contributed by atoms with Crippen LogP contribution in [0.25, 0.3) is 0 Å². The molecule has 1 fully saturated rings. The summed E-state index contributed by atoms with van der Waals surface area (Å²) in [6.07, 6.45) is 1.03. The molecule has 1 aromatic rings. The summed E-state index contributed by atoms with van der Waals surface area (Å²) in [5.74, 6) is 1.49. The second-order valence-electron chi connectivity index (χ2n) is 6.77. The van der Waals surface area contributed by atoms with Crippen molar-refractivity contribution < 1.29 is 4.74 Å². The molecule has 0 aromatic heterocycles. The zero-order chi connectivity index (χ0) is 15.3. The average molecular weight is 289 g/mol. The molecule has 4 heteroatoms. The maximum Gasteiger partial charge on any atom is 0.128 e. The number of nitrogens with one attached hydrogen (secondary N) is 2. The summed E-state index contributed by atoms with van der Waals surface area (Å²) >= 11 is 0. The van der Waals surface area contributed by atoms with Crippen molar-refractivity contribution in [1.29, 1.82) is 5.41 Å². The van der Waals surface area contributed by atoms with Crippen molar-refractivity contribution in [2.75, 3.05) is 32.8 Å². The van der Waals surface area contributed by atoms with Crippen LogP contribution < -0.4 is 10.1 Å². The number of hydrogen-bond donors (Lipinski definition) is 2. The van der Waals surface area contributed by atoms with Gasteiger partial charge in [-0.3, -0.25) is 5.41 Å². The lowest BCUT2D eigenvalue weighted by molar-refractivity contribution is 0.243. The van der Waals surface area contributed by atoms with E-state index in [0.717, 1.165) is 50.5 Å². The Morgan fingerprint density at radius 1 is 1.19 bits per heavy atom. The standard InChI is InChI=1S/C17H27N3O/c1-17(2,3)8-13-21-15-6-4-14(5-7-15)16(18)20-11-9-19-10-12-20/h4-7,18-19H,8-13H2,1-3H3. The van der Waals surface area contributed by atoms with E-state index in [-0.39, 0.29) is 0 Å². The summed E-state index contributed by atoms with van der Waals surface area (Å²) in [4.78, 5) is 2.12. The van der Waals surface area contributed by atoms with E-state index < -0.39 is 0 Å². The molecule has 0 radical (unpaired) electrons. The number of nitrogens with zero attached hydrogens (tertiary/aromatic N) is 1. The van der Waals surface area contributed by atoms with Gasteiger partial charge in [-0.25, -0.2) is 0 Å². The number of rotatable bonds is 4. The summed E-state index contributed by atoms with van der Waals surface area (Å²) in [6.45, 7) is 11.1. The Hall–Kier alpha value is -1.55. The molecule has 2 N–H and O–H groups in total. The predicted octanol–water partition coefficient (Wildman–Crippen LogP) is 2.73. The summed E-state index contributed by atoms with van der Waals surface area (Å²) in [6, 6.07) is 7.90. The van der Waals surface area contributed by atoms with E-state index in [4.69, 9.17) is 10.1 Å². The minimum Gasteiger partial charge on any atom is -0.494 e. The fourth-order valence-corrected chi connectivity index (χ4v) is 2.26. The fraction of sp³-hybridized carbons (Fsp3) is 0.588. The molecule has 0 aliphatic carbocycles. The van der Waals surface area contributed by atoms with Gasteiger partial charge in [0.15, 0.2) is 0 Å². The first-order chi connectivity index (χ1) is 9.96. The van der Waals surface area contributed by atoms with E-state index in [2.05, 4.69) is 31.0 Å². The van der Waals surface area contributed by atoms with Crippen LogP contribution in [-0.4, -0.2) is 43.5 Å². The highest BCUT2D eigenvalue weighted by atomic mass is 16.5. The van der Waals surface area contributed by atoms with Crippen LogP contribution in [0.15, 0.2) is 24.3 Å². The second kappa shape index (κ2) is 6.94. The Bertz CT molecular complexity index is 456. The zero-order valence-electron chi connectivity index (χ0n) is 13.4. The van der Waals surface area contributed by atoms with Crippen LogP contribution in [0.2, 0.25) is 0 Å². The van der Waals surface area contributed by atoms with Crippen molar-refractivity contribution in [2.45, 2.75) is 27.2 Å². The van der Waals surface area contributed by atoms with Crippen LogP contribution in [0.4, 0.5) is 0 Å². The third kappa shape index (κ3) is 5.05. The molecular formula is C17H27N3O. The van der Waals surface area contributed by atoms with Crippen molar-refractivity contribution in [2.24, 2.45) is 5.41 Å².